The normalized spacial score (nSPS) is 16.7. The Balaban J connectivity index is 1.45. The van der Waals surface area contributed by atoms with Crippen LogP contribution in [0.15, 0.2) is 36.4 Å². The van der Waals surface area contributed by atoms with Crippen LogP contribution < -0.4 is 20.5 Å². The minimum absolute atomic E-state index is 0.0154. The van der Waals surface area contributed by atoms with Gasteiger partial charge < -0.3 is 25.5 Å². The number of H-pyrrole nitrogens is 1. The largest absolute Gasteiger partial charge is 0.454 e. The van der Waals surface area contributed by atoms with Crippen LogP contribution in [0.1, 0.15) is 50.4 Å². The van der Waals surface area contributed by atoms with E-state index in [9.17, 15) is 4.79 Å². The molecule has 0 saturated heterocycles. The molecule has 1 aliphatic carbocycles. The average molecular weight is 405 g/mol. The van der Waals surface area contributed by atoms with Crippen molar-refractivity contribution in [2.45, 2.75) is 51.0 Å². The molecule has 1 aliphatic heterocycles. The molecule has 6 nitrogen and oxygen atoms in total. The lowest BCUT2D eigenvalue weighted by Crippen LogP contribution is -2.27. The zero-order valence-corrected chi connectivity index (χ0v) is 17.6. The van der Waals surface area contributed by atoms with Crippen LogP contribution in [-0.4, -0.2) is 17.7 Å². The van der Waals surface area contributed by atoms with Crippen LogP contribution in [-0.2, 0) is 22.2 Å². The first-order chi connectivity index (χ1) is 14.3. The van der Waals surface area contributed by atoms with Crippen LogP contribution >= 0.6 is 0 Å². The molecule has 5 rings (SSSR count). The molecular formula is C24H27N3O3. The molecule has 0 spiro atoms. The smallest absolute Gasteiger partial charge is 0.235 e. The number of aromatic amines is 1. The number of nitrogens with one attached hydrogen (secondary N) is 2. The fraction of sp³-hybridized carbons (Fsp3) is 0.375. The van der Waals surface area contributed by atoms with Crippen molar-refractivity contribution < 1.29 is 14.3 Å². The van der Waals surface area contributed by atoms with E-state index in [0.717, 1.165) is 52.0 Å². The van der Waals surface area contributed by atoms with E-state index in [1.165, 1.54) is 0 Å². The topological polar surface area (TPSA) is 89.4 Å². The molecule has 0 unspecified atom stereocenters. The van der Waals surface area contributed by atoms with Crippen LogP contribution in [0.4, 0.5) is 5.69 Å². The van der Waals surface area contributed by atoms with Gasteiger partial charge in [-0.2, -0.15) is 0 Å². The molecule has 1 fully saturated rings. The number of nitrogens with two attached hydrogens (primary N) is 1. The van der Waals surface area contributed by atoms with E-state index in [1.807, 2.05) is 36.4 Å². The minimum Gasteiger partial charge on any atom is -0.454 e. The summed E-state index contributed by atoms with van der Waals surface area (Å²) in [5.41, 5.74) is 10.6. The van der Waals surface area contributed by atoms with Crippen LogP contribution in [0, 0.1) is 0 Å². The van der Waals surface area contributed by atoms with Crippen molar-refractivity contribution in [3.05, 3.63) is 53.2 Å². The van der Waals surface area contributed by atoms with Crippen molar-refractivity contribution in [1.29, 1.82) is 0 Å². The Morgan fingerprint density at radius 3 is 2.60 bits per heavy atom. The highest BCUT2D eigenvalue weighted by Crippen LogP contribution is 2.51. The number of hydrogen-bond acceptors (Lipinski definition) is 4. The number of amides is 1. The molecule has 0 atom stereocenters. The first-order valence-electron chi connectivity index (χ1n) is 10.4. The number of aromatic nitrogens is 1. The van der Waals surface area contributed by atoms with Gasteiger partial charge in [-0.1, -0.05) is 26.8 Å². The quantitative estimate of drug-likeness (QED) is 0.603. The van der Waals surface area contributed by atoms with E-state index >= 15 is 0 Å². The predicted octanol–water partition coefficient (Wildman–Crippen LogP) is 4.32. The second-order valence-corrected chi connectivity index (χ2v) is 9.30. The van der Waals surface area contributed by atoms with E-state index in [4.69, 9.17) is 15.2 Å². The molecule has 2 heterocycles. The van der Waals surface area contributed by atoms with Gasteiger partial charge in [0.05, 0.1) is 5.41 Å². The van der Waals surface area contributed by atoms with Gasteiger partial charge in [-0.3, -0.25) is 4.79 Å². The van der Waals surface area contributed by atoms with Crippen LogP contribution in [0.25, 0.3) is 10.9 Å². The molecule has 2 aromatic carbocycles. The van der Waals surface area contributed by atoms with Gasteiger partial charge in [0.2, 0.25) is 12.7 Å². The molecule has 3 aromatic rings. The number of ether oxygens (including phenoxy) is 2. The fourth-order valence-corrected chi connectivity index (χ4v) is 4.39. The Morgan fingerprint density at radius 1 is 1.13 bits per heavy atom. The van der Waals surface area contributed by atoms with Crippen molar-refractivity contribution >= 4 is 22.5 Å². The zero-order valence-electron chi connectivity index (χ0n) is 17.6. The zero-order chi connectivity index (χ0) is 21.1. The Labute approximate surface area is 175 Å². The van der Waals surface area contributed by atoms with Crippen molar-refractivity contribution in [2.24, 2.45) is 5.73 Å². The Hall–Kier alpha value is -2.99. The lowest BCUT2D eigenvalue weighted by molar-refractivity contribution is -0.118. The SMILES string of the molecule is CC(C)(C)c1[nH]c2ccc(NC(=O)C3(c4ccc5c(c4)OCO5)CC3)cc2c1CN. The predicted molar refractivity (Wildman–Crippen MR) is 117 cm³/mol. The van der Waals surface area contributed by atoms with Gasteiger partial charge in [-0.05, 0) is 54.3 Å². The Bertz CT molecular complexity index is 1150. The second kappa shape index (κ2) is 6.51. The molecule has 156 valence electrons. The Kier molecular flexibility index (Phi) is 4.12. The monoisotopic (exact) mass is 405 g/mol. The van der Waals surface area contributed by atoms with Crippen molar-refractivity contribution in [3.8, 4) is 11.5 Å². The van der Waals surface area contributed by atoms with Crippen molar-refractivity contribution in [1.82, 2.24) is 4.98 Å². The molecule has 4 N–H and O–H groups in total. The number of hydrogen-bond donors (Lipinski definition) is 3. The molecule has 1 amide bonds. The molecular weight excluding hydrogens is 378 g/mol. The Morgan fingerprint density at radius 2 is 1.90 bits per heavy atom. The van der Waals surface area contributed by atoms with Gasteiger partial charge in [0.25, 0.3) is 0 Å². The van der Waals surface area contributed by atoms with Crippen LogP contribution in [0.2, 0.25) is 0 Å². The van der Waals surface area contributed by atoms with Gasteiger partial charge >= 0.3 is 0 Å². The van der Waals surface area contributed by atoms with E-state index < -0.39 is 5.41 Å². The summed E-state index contributed by atoms with van der Waals surface area (Å²) in [4.78, 5) is 16.7. The maximum Gasteiger partial charge on any atom is 0.235 e. The summed E-state index contributed by atoms with van der Waals surface area (Å²) in [5, 5.41) is 4.20. The van der Waals surface area contributed by atoms with Gasteiger partial charge in [0.1, 0.15) is 0 Å². The molecule has 1 saturated carbocycles. The summed E-state index contributed by atoms with van der Waals surface area (Å²) >= 11 is 0. The highest BCUT2D eigenvalue weighted by Gasteiger charge is 2.51. The minimum atomic E-state index is -0.499. The van der Waals surface area contributed by atoms with Crippen molar-refractivity contribution in [2.75, 3.05) is 12.1 Å². The lowest BCUT2D eigenvalue weighted by atomic mass is 9.89. The average Bonchev–Trinajstić information content (AvgIpc) is 3.24. The van der Waals surface area contributed by atoms with E-state index in [2.05, 4.69) is 31.1 Å². The first-order valence-corrected chi connectivity index (χ1v) is 10.4. The van der Waals surface area contributed by atoms with Crippen LogP contribution in [0.5, 0.6) is 11.5 Å². The lowest BCUT2D eigenvalue weighted by Gasteiger charge is -2.19. The van der Waals surface area contributed by atoms with Crippen molar-refractivity contribution in [3.63, 3.8) is 0 Å². The maximum atomic E-state index is 13.2. The summed E-state index contributed by atoms with van der Waals surface area (Å²) < 4.78 is 10.9. The number of carbonyl (C=O) groups excluding carboxylic acids is 1. The van der Waals surface area contributed by atoms with Crippen LogP contribution in [0.3, 0.4) is 0 Å². The van der Waals surface area contributed by atoms with E-state index in [-0.39, 0.29) is 18.1 Å². The van der Waals surface area contributed by atoms with Gasteiger partial charge in [0.15, 0.2) is 11.5 Å². The van der Waals surface area contributed by atoms with E-state index in [1.54, 1.807) is 0 Å². The number of benzene rings is 2. The molecule has 6 heteroatoms. The summed E-state index contributed by atoms with van der Waals surface area (Å²) in [5.74, 6) is 1.46. The van der Waals surface area contributed by atoms with Gasteiger partial charge in [-0.15, -0.1) is 0 Å². The molecule has 2 aliphatic rings. The van der Waals surface area contributed by atoms with Gasteiger partial charge in [0, 0.05) is 34.2 Å². The number of anilines is 1. The molecule has 30 heavy (non-hydrogen) atoms. The number of rotatable bonds is 4. The molecule has 1 aromatic heterocycles. The summed E-state index contributed by atoms with van der Waals surface area (Å²) in [6.45, 7) is 7.19. The first kappa shape index (κ1) is 19.0. The third-order valence-corrected chi connectivity index (χ3v) is 6.23. The highest BCUT2D eigenvalue weighted by molar-refractivity contribution is 6.03. The molecule has 0 radical (unpaired) electrons. The molecule has 0 bridgehead atoms. The summed E-state index contributed by atoms with van der Waals surface area (Å²) in [6, 6.07) is 11.8. The van der Waals surface area contributed by atoms with E-state index in [0.29, 0.717) is 12.3 Å². The number of fused-ring (bicyclic) bond motifs is 2. The second-order valence-electron chi connectivity index (χ2n) is 9.30. The fourth-order valence-electron chi connectivity index (χ4n) is 4.39. The highest BCUT2D eigenvalue weighted by atomic mass is 16.7. The number of carbonyl (C=O) groups is 1. The summed E-state index contributed by atoms with van der Waals surface area (Å²) in [7, 11) is 0. The third-order valence-electron chi connectivity index (χ3n) is 6.23. The summed E-state index contributed by atoms with van der Waals surface area (Å²) in [6.07, 6.45) is 1.65. The standard InChI is InChI=1S/C24H27N3O3/c1-23(2,3)21-17(12-25)16-11-15(5-6-18(16)27-21)26-22(28)24(8-9-24)14-4-7-19-20(10-14)30-13-29-19/h4-7,10-11,27H,8-9,12-13,25H2,1-3H3,(H,26,28). The maximum absolute atomic E-state index is 13.2. The third kappa shape index (κ3) is 2.94. The van der Waals surface area contributed by atoms with Gasteiger partial charge in [-0.25, -0.2) is 0 Å².